The van der Waals surface area contributed by atoms with Crippen LogP contribution in [0.5, 0.6) is 5.75 Å². The van der Waals surface area contributed by atoms with Gasteiger partial charge in [-0.15, -0.1) is 11.3 Å². The third-order valence-electron chi connectivity index (χ3n) is 2.83. The van der Waals surface area contributed by atoms with Gasteiger partial charge in [-0.3, -0.25) is 0 Å². The Kier molecular flexibility index (Phi) is 4.38. The van der Waals surface area contributed by atoms with Crippen molar-refractivity contribution in [2.45, 2.75) is 26.0 Å². The highest BCUT2D eigenvalue weighted by atomic mass is 32.1. The fraction of sp³-hybridized carbons (Fsp3) is 0.267. The van der Waals surface area contributed by atoms with Crippen molar-refractivity contribution >= 4 is 11.3 Å². The number of nitrogens with zero attached hydrogens (tertiary/aromatic N) is 1. The van der Waals surface area contributed by atoms with Crippen LogP contribution in [-0.2, 0) is 0 Å². The van der Waals surface area contributed by atoms with E-state index >= 15 is 0 Å². The number of ether oxygens (including phenoxy) is 1. The zero-order valence-corrected chi connectivity index (χ0v) is 12.1. The summed E-state index contributed by atoms with van der Waals surface area (Å²) in [6.07, 6.45) is -0.406. The van der Waals surface area contributed by atoms with Crippen molar-refractivity contribution in [2.24, 2.45) is 5.73 Å². The van der Waals surface area contributed by atoms with Crippen molar-refractivity contribution in [3.8, 4) is 11.8 Å². The molecule has 0 aliphatic heterocycles. The minimum Gasteiger partial charge on any atom is -0.480 e. The summed E-state index contributed by atoms with van der Waals surface area (Å²) in [5.74, 6) is -0.444. The molecule has 0 bridgehead atoms. The number of hydrogen-bond acceptors (Lipinski definition) is 4. The van der Waals surface area contributed by atoms with E-state index in [1.54, 1.807) is 11.3 Å². The van der Waals surface area contributed by atoms with E-state index in [9.17, 15) is 4.39 Å². The van der Waals surface area contributed by atoms with E-state index in [1.165, 1.54) is 12.1 Å². The molecule has 20 heavy (non-hydrogen) atoms. The summed E-state index contributed by atoms with van der Waals surface area (Å²) >= 11 is 1.58. The van der Waals surface area contributed by atoms with Gasteiger partial charge in [0.05, 0.1) is 11.6 Å². The van der Waals surface area contributed by atoms with E-state index in [0.717, 1.165) is 15.8 Å². The Bertz CT molecular complexity index is 646. The molecule has 1 aromatic carbocycles. The SMILES string of the molecule is Cc1ccc(C(Oc2ccc(C#N)cc2F)C(C)N)s1. The predicted molar refractivity (Wildman–Crippen MR) is 77.2 cm³/mol. The highest BCUT2D eigenvalue weighted by Gasteiger charge is 2.21. The van der Waals surface area contributed by atoms with Gasteiger partial charge in [0.1, 0.15) is 6.10 Å². The average molecular weight is 290 g/mol. The lowest BCUT2D eigenvalue weighted by atomic mass is 10.1. The number of rotatable bonds is 4. The Morgan fingerprint density at radius 3 is 2.60 bits per heavy atom. The van der Waals surface area contributed by atoms with Crippen LogP contribution < -0.4 is 10.5 Å². The van der Waals surface area contributed by atoms with Gasteiger partial charge in [-0.2, -0.15) is 5.26 Å². The van der Waals surface area contributed by atoms with Gasteiger partial charge in [-0.05, 0) is 44.2 Å². The number of thiophene rings is 1. The minimum atomic E-state index is -0.553. The third kappa shape index (κ3) is 3.16. The largest absolute Gasteiger partial charge is 0.480 e. The van der Waals surface area contributed by atoms with Crippen LogP contribution in [0.3, 0.4) is 0 Å². The van der Waals surface area contributed by atoms with Crippen LogP contribution in [0.1, 0.15) is 28.3 Å². The number of nitrogens with two attached hydrogens (primary N) is 1. The summed E-state index contributed by atoms with van der Waals surface area (Å²) in [5.41, 5.74) is 6.20. The van der Waals surface area contributed by atoms with Gasteiger partial charge < -0.3 is 10.5 Å². The van der Waals surface area contributed by atoms with E-state index in [-0.39, 0.29) is 17.4 Å². The highest BCUT2D eigenvalue weighted by molar-refractivity contribution is 7.12. The summed E-state index contributed by atoms with van der Waals surface area (Å²) in [6, 6.07) is 9.68. The van der Waals surface area contributed by atoms with E-state index < -0.39 is 11.9 Å². The molecule has 2 unspecified atom stereocenters. The van der Waals surface area contributed by atoms with Crippen LogP contribution in [0.2, 0.25) is 0 Å². The maximum atomic E-state index is 13.9. The number of hydrogen-bond donors (Lipinski definition) is 1. The first-order valence-electron chi connectivity index (χ1n) is 6.19. The lowest BCUT2D eigenvalue weighted by Crippen LogP contribution is -2.28. The van der Waals surface area contributed by atoms with Crippen LogP contribution in [0.25, 0.3) is 0 Å². The predicted octanol–water partition coefficient (Wildman–Crippen LogP) is 3.53. The van der Waals surface area contributed by atoms with Gasteiger partial charge in [-0.25, -0.2) is 4.39 Å². The fourth-order valence-electron chi connectivity index (χ4n) is 1.83. The second kappa shape index (κ2) is 6.04. The maximum Gasteiger partial charge on any atom is 0.166 e. The summed E-state index contributed by atoms with van der Waals surface area (Å²) in [7, 11) is 0. The van der Waals surface area contributed by atoms with E-state index in [1.807, 2.05) is 32.0 Å². The summed E-state index contributed by atoms with van der Waals surface area (Å²) < 4.78 is 19.6. The van der Waals surface area contributed by atoms with Gasteiger partial charge in [0, 0.05) is 15.8 Å². The third-order valence-corrected chi connectivity index (χ3v) is 3.90. The van der Waals surface area contributed by atoms with Crippen LogP contribution >= 0.6 is 11.3 Å². The van der Waals surface area contributed by atoms with Crippen LogP contribution in [0.4, 0.5) is 4.39 Å². The summed E-state index contributed by atoms with van der Waals surface area (Å²) in [5, 5.41) is 8.73. The van der Waals surface area contributed by atoms with Crippen LogP contribution in [-0.4, -0.2) is 6.04 Å². The van der Waals surface area contributed by atoms with E-state index in [2.05, 4.69) is 0 Å². The smallest absolute Gasteiger partial charge is 0.166 e. The van der Waals surface area contributed by atoms with Crippen molar-refractivity contribution in [1.82, 2.24) is 0 Å². The van der Waals surface area contributed by atoms with Crippen molar-refractivity contribution < 1.29 is 9.13 Å². The molecule has 0 saturated heterocycles. The molecule has 0 spiro atoms. The minimum absolute atomic E-state index is 0.109. The molecule has 2 atom stereocenters. The molecule has 0 fully saturated rings. The zero-order chi connectivity index (χ0) is 14.7. The fourth-order valence-corrected chi connectivity index (χ4v) is 2.86. The van der Waals surface area contributed by atoms with Crippen LogP contribution in [0, 0.1) is 24.1 Å². The van der Waals surface area contributed by atoms with Crippen molar-refractivity contribution in [1.29, 1.82) is 5.26 Å². The average Bonchev–Trinajstić information content (AvgIpc) is 2.83. The molecule has 0 aliphatic carbocycles. The van der Waals surface area contributed by atoms with Gasteiger partial charge in [0.2, 0.25) is 0 Å². The van der Waals surface area contributed by atoms with Gasteiger partial charge in [0.15, 0.2) is 11.6 Å². The quantitative estimate of drug-likeness (QED) is 0.937. The second-order valence-corrected chi connectivity index (χ2v) is 5.92. The molecule has 5 heteroatoms. The Morgan fingerprint density at radius 1 is 1.35 bits per heavy atom. The number of benzene rings is 1. The van der Waals surface area contributed by atoms with Gasteiger partial charge >= 0.3 is 0 Å². The highest BCUT2D eigenvalue weighted by Crippen LogP contribution is 2.30. The Hall–Kier alpha value is -1.90. The number of nitriles is 1. The number of aryl methyl sites for hydroxylation is 1. The molecule has 2 N–H and O–H groups in total. The Labute approximate surface area is 121 Å². The first-order chi connectivity index (χ1) is 9.51. The Morgan fingerprint density at radius 2 is 2.10 bits per heavy atom. The molecule has 0 aliphatic rings. The molecular weight excluding hydrogens is 275 g/mol. The maximum absolute atomic E-state index is 13.9. The van der Waals surface area contributed by atoms with Crippen molar-refractivity contribution in [3.63, 3.8) is 0 Å². The first-order valence-corrected chi connectivity index (χ1v) is 7.01. The second-order valence-electron chi connectivity index (χ2n) is 4.60. The Balaban J connectivity index is 2.27. The molecule has 0 saturated carbocycles. The van der Waals surface area contributed by atoms with Gasteiger partial charge in [-0.1, -0.05) is 0 Å². The molecule has 2 rings (SSSR count). The molecule has 0 radical (unpaired) electrons. The summed E-state index contributed by atoms with van der Waals surface area (Å²) in [4.78, 5) is 2.11. The normalized spacial score (nSPS) is 13.6. The molecule has 104 valence electrons. The molecular formula is C15H15FN2OS. The van der Waals surface area contributed by atoms with E-state index in [0.29, 0.717) is 0 Å². The molecule has 1 aromatic heterocycles. The van der Waals surface area contributed by atoms with Crippen molar-refractivity contribution in [3.05, 3.63) is 51.5 Å². The topological polar surface area (TPSA) is 59.0 Å². The summed E-state index contributed by atoms with van der Waals surface area (Å²) in [6.45, 7) is 3.82. The zero-order valence-electron chi connectivity index (χ0n) is 11.3. The molecule has 0 amide bonds. The number of halogens is 1. The molecule has 2 aromatic rings. The monoisotopic (exact) mass is 290 g/mol. The lowest BCUT2D eigenvalue weighted by molar-refractivity contribution is 0.176. The molecule has 3 nitrogen and oxygen atoms in total. The standard InChI is InChI=1S/C15H15FN2OS/c1-9-3-6-14(20-9)15(10(2)18)19-13-5-4-11(8-17)7-12(13)16/h3-7,10,15H,18H2,1-2H3. The molecule has 1 heterocycles. The van der Waals surface area contributed by atoms with Gasteiger partial charge in [0.25, 0.3) is 0 Å². The van der Waals surface area contributed by atoms with Crippen molar-refractivity contribution in [2.75, 3.05) is 0 Å². The van der Waals surface area contributed by atoms with Crippen LogP contribution in [0.15, 0.2) is 30.3 Å². The van der Waals surface area contributed by atoms with E-state index in [4.69, 9.17) is 15.7 Å². The lowest BCUT2D eigenvalue weighted by Gasteiger charge is -2.21. The first kappa shape index (κ1) is 14.5.